The normalized spacial score (nSPS) is 13.9. The van der Waals surface area contributed by atoms with Gasteiger partial charge in [0.15, 0.2) is 0 Å². The summed E-state index contributed by atoms with van der Waals surface area (Å²) in [5.41, 5.74) is 10.5. The number of nitrogens with two attached hydrogens (primary N) is 1. The van der Waals surface area contributed by atoms with Crippen LogP contribution in [0.3, 0.4) is 0 Å². The predicted molar refractivity (Wildman–Crippen MR) is 96.0 cm³/mol. The van der Waals surface area contributed by atoms with Gasteiger partial charge in [0.2, 0.25) is 0 Å². The zero-order valence-electron chi connectivity index (χ0n) is 13.6. The smallest absolute Gasteiger partial charge is 0.340 e. The van der Waals surface area contributed by atoms with Crippen LogP contribution in [0.4, 0.5) is 5.69 Å². The number of benzene rings is 3. The Morgan fingerprint density at radius 3 is 2.54 bits per heavy atom. The third kappa shape index (κ3) is 2.33. The molecule has 0 fully saturated rings. The molecule has 0 aromatic heterocycles. The highest BCUT2D eigenvalue weighted by Crippen LogP contribution is 2.36. The molecule has 2 N–H and O–H groups in total. The van der Waals surface area contributed by atoms with Crippen molar-refractivity contribution in [2.75, 3.05) is 5.73 Å². The number of aryl methyl sites for hydroxylation is 2. The summed E-state index contributed by atoms with van der Waals surface area (Å²) in [6.45, 7) is 1.91. The molecule has 0 unspecified atom stereocenters. The van der Waals surface area contributed by atoms with Gasteiger partial charge in [0.25, 0.3) is 0 Å². The molecule has 3 aromatic rings. The summed E-state index contributed by atoms with van der Waals surface area (Å²) in [6.07, 6.45) is 1.84. The first-order chi connectivity index (χ1) is 11.6. The van der Waals surface area contributed by atoms with Crippen molar-refractivity contribution in [3.63, 3.8) is 0 Å². The topological polar surface area (TPSA) is 52.3 Å². The van der Waals surface area contributed by atoms with Gasteiger partial charge in [0.1, 0.15) is 6.10 Å². The largest absolute Gasteiger partial charge is 0.454 e. The van der Waals surface area contributed by atoms with Crippen molar-refractivity contribution in [3.8, 4) is 0 Å². The summed E-state index contributed by atoms with van der Waals surface area (Å²) in [6, 6.07) is 17.6. The molecule has 1 aliphatic rings. The van der Waals surface area contributed by atoms with Crippen LogP contribution in [0.5, 0.6) is 0 Å². The van der Waals surface area contributed by atoms with Crippen LogP contribution < -0.4 is 5.73 Å². The summed E-state index contributed by atoms with van der Waals surface area (Å²) < 4.78 is 5.69. The van der Waals surface area contributed by atoms with E-state index in [-0.39, 0.29) is 12.1 Å². The Morgan fingerprint density at radius 2 is 1.75 bits per heavy atom. The van der Waals surface area contributed by atoms with Crippen LogP contribution in [0.15, 0.2) is 54.6 Å². The number of hydrogen-bond acceptors (Lipinski definition) is 3. The van der Waals surface area contributed by atoms with E-state index >= 15 is 0 Å². The second kappa shape index (κ2) is 5.68. The number of para-hydroxylation sites is 1. The molecular weight excluding hydrogens is 298 g/mol. The summed E-state index contributed by atoms with van der Waals surface area (Å²) in [4.78, 5) is 12.4. The molecule has 0 spiro atoms. The van der Waals surface area contributed by atoms with Crippen LogP contribution in [0.1, 0.15) is 40.1 Å². The molecule has 120 valence electrons. The minimum absolute atomic E-state index is 0.331. The number of anilines is 1. The SMILES string of the molecule is C[C@H](OC(=O)c1ccccc1N)c1ccc2c3c(cccc13)CC2. The standard InChI is InChI=1S/C21H19NO2/c1-13(24-21(23)18-6-2-3-8-19(18)22)16-12-11-15-10-9-14-5-4-7-17(16)20(14)15/h2-8,11-13H,9-10,22H2,1H3/t13-/m0/s1. The van der Waals surface area contributed by atoms with E-state index in [2.05, 4.69) is 30.3 Å². The maximum atomic E-state index is 12.4. The lowest BCUT2D eigenvalue weighted by atomic mass is 9.97. The number of rotatable bonds is 3. The van der Waals surface area contributed by atoms with Crippen molar-refractivity contribution in [1.29, 1.82) is 0 Å². The second-order valence-corrected chi connectivity index (χ2v) is 6.29. The minimum Gasteiger partial charge on any atom is -0.454 e. The Morgan fingerprint density at radius 1 is 1.00 bits per heavy atom. The van der Waals surface area contributed by atoms with Crippen LogP contribution in [-0.4, -0.2) is 5.97 Å². The Balaban J connectivity index is 1.69. The van der Waals surface area contributed by atoms with Gasteiger partial charge in [0, 0.05) is 11.3 Å². The molecule has 0 saturated carbocycles. The zero-order valence-corrected chi connectivity index (χ0v) is 13.6. The van der Waals surface area contributed by atoms with Gasteiger partial charge in [-0.3, -0.25) is 0 Å². The van der Waals surface area contributed by atoms with E-state index in [1.54, 1.807) is 24.3 Å². The van der Waals surface area contributed by atoms with Crippen molar-refractivity contribution in [3.05, 3.63) is 76.9 Å². The maximum Gasteiger partial charge on any atom is 0.340 e. The van der Waals surface area contributed by atoms with Gasteiger partial charge in [-0.15, -0.1) is 0 Å². The lowest BCUT2D eigenvalue weighted by Crippen LogP contribution is -2.11. The van der Waals surface area contributed by atoms with E-state index in [0.717, 1.165) is 18.4 Å². The lowest BCUT2D eigenvalue weighted by molar-refractivity contribution is 0.0342. The molecule has 3 heteroatoms. The highest BCUT2D eigenvalue weighted by Gasteiger charge is 2.21. The van der Waals surface area contributed by atoms with Gasteiger partial charge in [-0.25, -0.2) is 4.79 Å². The average molecular weight is 317 g/mol. The molecule has 0 bridgehead atoms. The molecule has 0 amide bonds. The molecule has 4 rings (SSSR count). The van der Waals surface area contributed by atoms with Gasteiger partial charge >= 0.3 is 5.97 Å². The molecule has 0 aliphatic heterocycles. The Kier molecular flexibility index (Phi) is 3.49. The number of ether oxygens (including phenoxy) is 1. The van der Waals surface area contributed by atoms with E-state index in [9.17, 15) is 4.79 Å². The van der Waals surface area contributed by atoms with Crippen LogP contribution in [-0.2, 0) is 17.6 Å². The summed E-state index contributed by atoms with van der Waals surface area (Å²) in [5, 5.41) is 2.51. The fraction of sp³-hybridized carbons (Fsp3) is 0.190. The first kappa shape index (κ1) is 14.8. The highest BCUT2D eigenvalue weighted by atomic mass is 16.5. The van der Waals surface area contributed by atoms with E-state index < -0.39 is 0 Å². The third-order valence-electron chi connectivity index (χ3n) is 4.81. The van der Waals surface area contributed by atoms with Crippen molar-refractivity contribution >= 4 is 22.4 Å². The molecule has 3 nitrogen and oxygen atoms in total. The number of nitrogen functional groups attached to an aromatic ring is 1. The Hall–Kier alpha value is -2.81. The van der Waals surface area contributed by atoms with Crippen molar-refractivity contribution in [1.82, 2.24) is 0 Å². The molecule has 0 heterocycles. The van der Waals surface area contributed by atoms with Gasteiger partial charge < -0.3 is 10.5 Å². The Bertz CT molecular complexity index is 935. The summed E-state index contributed by atoms with van der Waals surface area (Å²) >= 11 is 0. The monoisotopic (exact) mass is 317 g/mol. The van der Waals surface area contributed by atoms with Gasteiger partial charge in [-0.2, -0.15) is 0 Å². The zero-order chi connectivity index (χ0) is 16.7. The van der Waals surface area contributed by atoms with Crippen LogP contribution in [0.2, 0.25) is 0 Å². The highest BCUT2D eigenvalue weighted by molar-refractivity contribution is 5.96. The molecular formula is C21H19NO2. The molecule has 1 atom stereocenters. The number of hydrogen-bond donors (Lipinski definition) is 1. The molecule has 1 aliphatic carbocycles. The first-order valence-corrected chi connectivity index (χ1v) is 8.24. The third-order valence-corrected chi connectivity index (χ3v) is 4.81. The van der Waals surface area contributed by atoms with Gasteiger partial charge in [-0.05, 0) is 53.8 Å². The minimum atomic E-state index is -0.385. The predicted octanol–water partition coefficient (Wildman–Crippen LogP) is 4.44. The van der Waals surface area contributed by atoms with E-state index in [1.165, 1.54) is 21.9 Å². The van der Waals surface area contributed by atoms with Crippen molar-refractivity contribution in [2.45, 2.75) is 25.9 Å². The molecule has 3 aromatic carbocycles. The van der Waals surface area contributed by atoms with Crippen LogP contribution >= 0.6 is 0 Å². The molecule has 0 radical (unpaired) electrons. The van der Waals surface area contributed by atoms with Gasteiger partial charge in [-0.1, -0.05) is 42.5 Å². The first-order valence-electron chi connectivity index (χ1n) is 8.24. The molecule has 24 heavy (non-hydrogen) atoms. The number of esters is 1. The second-order valence-electron chi connectivity index (χ2n) is 6.29. The average Bonchev–Trinajstić information content (AvgIpc) is 3.00. The van der Waals surface area contributed by atoms with E-state index in [1.807, 2.05) is 6.92 Å². The maximum absolute atomic E-state index is 12.4. The lowest BCUT2D eigenvalue weighted by Gasteiger charge is -2.17. The molecule has 0 saturated heterocycles. The summed E-state index contributed by atoms with van der Waals surface area (Å²) in [7, 11) is 0. The number of carbonyl (C=O) groups excluding carboxylic acids is 1. The van der Waals surface area contributed by atoms with Crippen molar-refractivity contribution in [2.24, 2.45) is 0 Å². The van der Waals surface area contributed by atoms with Crippen LogP contribution in [0.25, 0.3) is 10.8 Å². The van der Waals surface area contributed by atoms with E-state index in [4.69, 9.17) is 10.5 Å². The fourth-order valence-electron chi connectivity index (χ4n) is 3.59. The van der Waals surface area contributed by atoms with Gasteiger partial charge in [0.05, 0.1) is 5.56 Å². The Labute approximate surface area is 141 Å². The summed E-state index contributed by atoms with van der Waals surface area (Å²) in [5.74, 6) is -0.385. The van der Waals surface area contributed by atoms with Crippen molar-refractivity contribution < 1.29 is 9.53 Å². The van der Waals surface area contributed by atoms with Crippen LogP contribution in [0, 0.1) is 0 Å². The number of carbonyl (C=O) groups is 1. The quantitative estimate of drug-likeness (QED) is 0.574. The van der Waals surface area contributed by atoms with E-state index in [0.29, 0.717) is 11.3 Å². The fourth-order valence-corrected chi connectivity index (χ4v) is 3.59.